The number of nitrogens with two attached hydrogens (primary N) is 1. The lowest BCUT2D eigenvalue weighted by atomic mass is 9.96. The van der Waals surface area contributed by atoms with E-state index in [2.05, 4.69) is 5.32 Å². The number of hydrogen-bond acceptors (Lipinski definition) is 3. The Bertz CT molecular complexity index is 742. The van der Waals surface area contributed by atoms with Crippen molar-refractivity contribution in [2.24, 2.45) is 5.73 Å². The van der Waals surface area contributed by atoms with Crippen LogP contribution in [-0.4, -0.2) is 24.4 Å². The second-order valence-electron chi connectivity index (χ2n) is 6.40. The Morgan fingerprint density at radius 3 is 2.44 bits per heavy atom. The number of anilines is 2. The predicted molar refractivity (Wildman–Crippen MR) is 102 cm³/mol. The molecule has 0 aliphatic rings. The molecule has 0 aliphatic carbocycles. The molecule has 0 aliphatic heterocycles. The molecule has 132 valence electrons. The van der Waals surface area contributed by atoms with Gasteiger partial charge in [-0.05, 0) is 43.7 Å². The van der Waals surface area contributed by atoms with E-state index in [4.69, 9.17) is 5.73 Å². The molecule has 2 aromatic rings. The SMILES string of the molecule is CCCC(C)(N)C(=O)Nc1cccc(C(=O)N(C)c2ccccc2)c1. The van der Waals surface area contributed by atoms with Crippen molar-refractivity contribution < 1.29 is 9.59 Å². The van der Waals surface area contributed by atoms with Gasteiger partial charge in [-0.25, -0.2) is 0 Å². The van der Waals surface area contributed by atoms with Crippen LogP contribution in [0.25, 0.3) is 0 Å². The van der Waals surface area contributed by atoms with Gasteiger partial charge in [0.1, 0.15) is 0 Å². The van der Waals surface area contributed by atoms with Gasteiger partial charge in [0.25, 0.3) is 5.91 Å². The van der Waals surface area contributed by atoms with Crippen molar-refractivity contribution in [2.75, 3.05) is 17.3 Å². The van der Waals surface area contributed by atoms with Crippen molar-refractivity contribution in [3.8, 4) is 0 Å². The van der Waals surface area contributed by atoms with Crippen LogP contribution in [0.15, 0.2) is 54.6 Å². The van der Waals surface area contributed by atoms with Crippen LogP contribution < -0.4 is 16.0 Å². The summed E-state index contributed by atoms with van der Waals surface area (Å²) in [6.07, 6.45) is 1.41. The second kappa shape index (κ2) is 7.94. The molecule has 0 saturated heterocycles. The lowest BCUT2D eigenvalue weighted by molar-refractivity contribution is -0.120. The maximum atomic E-state index is 12.7. The highest BCUT2D eigenvalue weighted by Crippen LogP contribution is 2.19. The third-order valence-corrected chi connectivity index (χ3v) is 4.10. The number of rotatable bonds is 6. The number of hydrogen-bond donors (Lipinski definition) is 2. The summed E-state index contributed by atoms with van der Waals surface area (Å²) < 4.78 is 0. The van der Waals surface area contributed by atoms with Gasteiger partial charge in [-0.3, -0.25) is 9.59 Å². The highest BCUT2D eigenvalue weighted by Gasteiger charge is 2.27. The average Bonchev–Trinajstić information content (AvgIpc) is 2.61. The molecular formula is C20H25N3O2. The fourth-order valence-corrected chi connectivity index (χ4v) is 2.60. The van der Waals surface area contributed by atoms with Crippen LogP contribution in [0, 0.1) is 0 Å². The zero-order valence-corrected chi connectivity index (χ0v) is 15.0. The molecular weight excluding hydrogens is 314 g/mol. The molecule has 0 fully saturated rings. The fraction of sp³-hybridized carbons (Fsp3) is 0.300. The van der Waals surface area contributed by atoms with Gasteiger partial charge in [0, 0.05) is 24.0 Å². The van der Waals surface area contributed by atoms with E-state index in [0.29, 0.717) is 17.7 Å². The van der Waals surface area contributed by atoms with E-state index < -0.39 is 5.54 Å². The fourth-order valence-electron chi connectivity index (χ4n) is 2.60. The van der Waals surface area contributed by atoms with E-state index >= 15 is 0 Å². The van der Waals surface area contributed by atoms with Gasteiger partial charge in [0.05, 0.1) is 5.54 Å². The number of para-hydroxylation sites is 1. The molecule has 5 heteroatoms. The summed E-state index contributed by atoms with van der Waals surface area (Å²) in [7, 11) is 1.72. The standard InChI is InChI=1S/C20H25N3O2/c1-4-13-20(2,21)19(25)22-16-10-8-9-15(14-16)18(24)23(3)17-11-6-5-7-12-17/h5-12,14H,4,13,21H2,1-3H3,(H,22,25). The van der Waals surface area contributed by atoms with E-state index in [1.807, 2.05) is 37.3 Å². The molecule has 0 bridgehead atoms. The summed E-state index contributed by atoms with van der Waals surface area (Å²) in [6.45, 7) is 3.70. The highest BCUT2D eigenvalue weighted by atomic mass is 16.2. The molecule has 25 heavy (non-hydrogen) atoms. The highest BCUT2D eigenvalue weighted by molar-refractivity contribution is 6.07. The van der Waals surface area contributed by atoms with Crippen molar-refractivity contribution in [3.05, 3.63) is 60.2 Å². The normalized spacial score (nSPS) is 13.0. The number of carbonyl (C=O) groups is 2. The van der Waals surface area contributed by atoms with Crippen LogP contribution in [-0.2, 0) is 4.79 Å². The summed E-state index contributed by atoms with van der Waals surface area (Å²) >= 11 is 0. The minimum atomic E-state index is -0.935. The van der Waals surface area contributed by atoms with Crippen molar-refractivity contribution in [3.63, 3.8) is 0 Å². The molecule has 2 rings (SSSR count). The lowest BCUT2D eigenvalue weighted by Crippen LogP contribution is -2.48. The van der Waals surface area contributed by atoms with Crippen LogP contribution in [0.2, 0.25) is 0 Å². The summed E-state index contributed by atoms with van der Waals surface area (Å²) in [5, 5.41) is 2.81. The van der Waals surface area contributed by atoms with Crippen LogP contribution in [0.1, 0.15) is 37.0 Å². The Morgan fingerprint density at radius 1 is 1.12 bits per heavy atom. The molecule has 2 amide bonds. The van der Waals surface area contributed by atoms with Gasteiger partial charge in [-0.2, -0.15) is 0 Å². The van der Waals surface area contributed by atoms with Gasteiger partial charge in [0.15, 0.2) is 0 Å². The number of amides is 2. The molecule has 5 nitrogen and oxygen atoms in total. The van der Waals surface area contributed by atoms with Crippen LogP contribution in [0.5, 0.6) is 0 Å². The first-order valence-corrected chi connectivity index (χ1v) is 8.38. The predicted octanol–water partition coefficient (Wildman–Crippen LogP) is 3.42. The van der Waals surface area contributed by atoms with Crippen molar-refractivity contribution in [1.29, 1.82) is 0 Å². The smallest absolute Gasteiger partial charge is 0.258 e. The minimum absolute atomic E-state index is 0.147. The summed E-state index contributed by atoms with van der Waals surface area (Å²) in [5.74, 6) is -0.401. The molecule has 0 saturated carbocycles. The molecule has 2 aromatic carbocycles. The van der Waals surface area contributed by atoms with Gasteiger partial charge in [-0.15, -0.1) is 0 Å². The molecule has 1 unspecified atom stereocenters. The molecule has 0 spiro atoms. The van der Waals surface area contributed by atoms with Gasteiger partial charge >= 0.3 is 0 Å². The number of nitrogens with zero attached hydrogens (tertiary/aromatic N) is 1. The maximum absolute atomic E-state index is 12.7. The Morgan fingerprint density at radius 2 is 1.80 bits per heavy atom. The van der Waals surface area contributed by atoms with E-state index in [1.165, 1.54) is 0 Å². The van der Waals surface area contributed by atoms with E-state index in [-0.39, 0.29) is 11.8 Å². The summed E-state index contributed by atoms with van der Waals surface area (Å²) in [6, 6.07) is 16.3. The quantitative estimate of drug-likeness (QED) is 0.847. The molecule has 0 radical (unpaired) electrons. The first kappa shape index (κ1) is 18.7. The van der Waals surface area contributed by atoms with E-state index in [0.717, 1.165) is 12.1 Å². The van der Waals surface area contributed by atoms with Crippen molar-refractivity contribution >= 4 is 23.2 Å². The maximum Gasteiger partial charge on any atom is 0.258 e. The van der Waals surface area contributed by atoms with Gasteiger partial charge in [0.2, 0.25) is 5.91 Å². The minimum Gasteiger partial charge on any atom is -0.324 e. The Balaban J connectivity index is 2.16. The average molecular weight is 339 g/mol. The number of nitrogens with one attached hydrogen (secondary N) is 1. The first-order chi connectivity index (χ1) is 11.8. The topological polar surface area (TPSA) is 75.4 Å². The Labute approximate surface area is 148 Å². The molecule has 0 aromatic heterocycles. The van der Waals surface area contributed by atoms with Gasteiger partial charge in [-0.1, -0.05) is 37.6 Å². The van der Waals surface area contributed by atoms with Crippen molar-refractivity contribution in [2.45, 2.75) is 32.2 Å². The Kier molecular flexibility index (Phi) is 5.93. The number of benzene rings is 2. The second-order valence-corrected chi connectivity index (χ2v) is 6.40. The largest absolute Gasteiger partial charge is 0.324 e. The van der Waals surface area contributed by atoms with E-state index in [9.17, 15) is 9.59 Å². The zero-order chi connectivity index (χ0) is 18.4. The van der Waals surface area contributed by atoms with Gasteiger partial charge < -0.3 is 16.0 Å². The molecule has 3 N–H and O–H groups in total. The molecule has 1 atom stereocenters. The third-order valence-electron chi connectivity index (χ3n) is 4.10. The van der Waals surface area contributed by atoms with Crippen molar-refractivity contribution in [1.82, 2.24) is 0 Å². The Hall–Kier alpha value is -2.66. The monoisotopic (exact) mass is 339 g/mol. The lowest BCUT2D eigenvalue weighted by Gasteiger charge is -2.23. The zero-order valence-electron chi connectivity index (χ0n) is 15.0. The van der Waals surface area contributed by atoms with Crippen LogP contribution in [0.4, 0.5) is 11.4 Å². The molecule has 0 heterocycles. The third kappa shape index (κ3) is 4.67. The van der Waals surface area contributed by atoms with Crippen LogP contribution in [0.3, 0.4) is 0 Å². The number of carbonyl (C=O) groups excluding carboxylic acids is 2. The van der Waals surface area contributed by atoms with E-state index in [1.54, 1.807) is 43.1 Å². The first-order valence-electron chi connectivity index (χ1n) is 8.38. The summed E-state index contributed by atoms with van der Waals surface area (Å²) in [5.41, 5.74) is 6.98. The van der Waals surface area contributed by atoms with Crippen LogP contribution >= 0.6 is 0 Å². The summed E-state index contributed by atoms with van der Waals surface area (Å²) in [4.78, 5) is 26.6.